The largest absolute Gasteiger partial charge is 0.389 e. The van der Waals surface area contributed by atoms with Crippen LogP contribution in [0.3, 0.4) is 0 Å². The van der Waals surface area contributed by atoms with Crippen LogP contribution in [0.15, 0.2) is 12.2 Å². The quantitative estimate of drug-likeness (QED) is 0.615. The van der Waals surface area contributed by atoms with Crippen LogP contribution in [0, 0.1) is 5.92 Å². The molecule has 1 saturated carbocycles. The summed E-state index contributed by atoms with van der Waals surface area (Å²) in [5.41, 5.74) is -0.338. The fourth-order valence-electron chi connectivity index (χ4n) is 2.85. The number of allylic oxidation sites excluding steroid dienone is 1. The second-order valence-electron chi connectivity index (χ2n) is 4.65. The summed E-state index contributed by atoms with van der Waals surface area (Å²) < 4.78 is 0. The third kappa shape index (κ3) is 1.96. The molecule has 2 aliphatic carbocycles. The van der Waals surface area contributed by atoms with E-state index >= 15 is 0 Å². The SMILES string of the molecule is OC1(C2CCCCC2)CC=CCC1. The van der Waals surface area contributed by atoms with Crippen molar-refractivity contribution >= 4 is 0 Å². The van der Waals surface area contributed by atoms with Gasteiger partial charge in [0.15, 0.2) is 0 Å². The molecular weight excluding hydrogens is 160 g/mol. The van der Waals surface area contributed by atoms with Crippen molar-refractivity contribution in [2.45, 2.75) is 57.0 Å². The maximum Gasteiger partial charge on any atom is 0.0713 e. The molecule has 0 heterocycles. The Labute approximate surface area is 80.8 Å². The molecule has 13 heavy (non-hydrogen) atoms. The molecular formula is C12H20O. The zero-order valence-electron chi connectivity index (χ0n) is 8.34. The zero-order valence-corrected chi connectivity index (χ0v) is 8.34. The first-order chi connectivity index (χ1) is 6.31. The van der Waals surface area contributed by atoms with Gasteiger partial charge in [0.05, 0.1) is 5.60 Å². The molecule has 2 rings (SSSR count). The van der Waals surface area contributed by atoms with Crippen molar-refractivity contribution in [3.63, 3.8) is 0 Å². The monoisotopic (exact) mass is 180 g/mol. The second-order valence-corrected chi connectivity index (χ2v) is 4.65. The summed E-state index contributed by atoms with van der Waals surface area (Å²) in [6.45, 7) is 0. The lowest BCUT2D eigenvalue weighted by Gasteiger charge is -2.39. The van der Waals surface area contributed by atoms with Crippen LogP contribution in [-0.2, 0) is 0 Å². The highest BCUT2D eigenvalue weighted by Crippen LogP contribution is 2.39. The summed E-state index contributed by atoms with van der Waals surface area (Å²) in [6.07, 6.45) is 13.9. The highest BCUT2D eigenvalue weighted by Gasteiger charge is 2.36. The Hall–Kier alpha value is -0.300. The van der Waals surface area contributed by atoms with Crippen LogP contribution in [0.25, 0.3) is 0 Å². The van der Waals surface area contributed by atoms with E-state index in [1.165, 1.54) is 32.1 Å². The summed E-state index contributed by atoms with van der Waals surface area (Å²) >= 11 is 0. The van der Waals surface area contributed by atoms with Crippen molar-refractivity contribution < 1.29 is 5.11 Å². The molecule has 0 amide bonds. The number of aliphatic hydroxyl groups is 1. The average Bonchev–Trinajstić information content (AvgIpc) is 2.20. The lowest BCUT2D eigenvalue weighted by Crippen LogP contribution is -2.39. The van der Waals surface area contributed by atoms with Crippen LogP contribution in [0.1, 0.15) is 51.4 Å². The number of rotatable bonds is 1. The van der Waals surface area contributed by atoms with Crippen LogP contribution in [-0.4, -0.2) is 10.7 Å². The Morgan fingerprint density at radius 1 is 1.08 bits per heavy atom. The van der Waals surface area contributed by atoms with Crippen molar-refractivity contribution in [2.24, 2.45) is 5.92 Å². The Bertz CT molecular complexity index is 191. The van der Waals surface area contributed by atoms with Crippen LogP contribution in [0.4, 0.5) is 0 Å². The lowest BCUT2D eigenvalue weighted by molar-refractivity contribution is -0.0398. The van der Waals surface area contributed by atoms with Gasteiger partial charge in [-0.3, -0.25) is 0 Å². The fourth-order valence-corrected chi connectivity index (χ4v) is 2.85. The van der Waals surface area contributed by atoms with Crippen molar-refractivity contribution in [3.8, 4) is 0 Å². The van der Waals surface area contributed by atoms with Crippen molar-refractivity contribution in [1.29, 1.82) is 0 Å². The Balaban J connectivity index is 1.99. The minimum Gasteiger partial charge on any atom is -0.389 e. The predicted octanol–water partition coefficient (Wildman–Crippen LogP) is 3.04. The molecule has 1 unspecified atom stereocenters. The molecule has 0 bridgehead atoms. The molecule has 1 fully saturated rings. The molecule has 0 saturated heterocycles. The van der Waals surface area contributed by atoms with Crippen molar-refractivity contribution in [2.75, 3.05) is 0 Å². The van der Waals surface area contributed by atoms with E-state index in [0.29, 0.717) is 5.92 Å². The van der Waals surface area contributed by atoms with Gasteiger partial charge in [-0.1, -0.05) is 31.4 Å². The standard InChI is InChI=1S/C12H20O/c13-12(9-5-2-6-10-12)11-7-3-1-4-8-11/h2,5,11,13H,1,3-4,6-10H2. The first-order valence-electron chi connectivity index (χ1n) is 5.69. The van der Waals surface area contributed by atoms with Gasteiger partial charge in [-0.2, -0.15) is 0 Å². The molecule has 2 aliphatic rings. The molecule has 1 atom stereocenters. The highest BCUT2D eigenvalue weighted by molar-refractivity contribution is 5.01. The van der Waals surface area contributed by atoms with E-state index in [1.807, 2.05) is 0 Å². The van der Waals surface area contributed by atoms with E-state index in [0.717, 1.165) is 19.3 Å². The normalized spacial score (nSPS) is 36.4. The molecule has 0 aromatic carbocycles. The van der Waals surface area contributed by atoms with Crippen molar-refractivity contribution in [3.05, 3.63) is 12.2 Å². The van der Waals surface area contributed by atoms with Gasteiger partial charge < -0.3 is 5.11 Å². The minimum atomic E-state index is -0.338. The smallest absolute Gasteiger partial charge is 0.0713 e. The van der Waals surface area contributed by atoms with Gasteiger partial charge in [0.25, 0.3) is 0 Å². The molecule has 0 aromatic rings. The predicted molar refractivity (Wildman–Crippen MR) is 54.5 cm³/mol. The fraction of sp³-hybridized carbons (Fsp3) is 0.833. The molecule has 1 nitrogen and oxygen atoms in total. The molecule has 74 valence electrons. The van der Waals surface area contributed by atoms with Crippen LogP contribution >= 0.6 is 0 Å². The minimum absolute atomic E-state index is 0.338. The van der Waals surface area contributed by atoms with Crippen molar-refractivity contribution in [1.82, 2.24) is 0 Å². The van der Waals surface area contributed by atoms with Gasteiger partial charge in [0.1, 0.15) is 0 Å². The van der Waals surface area contributed by atoms with E-state index in [2.05, 4.69) is 12.2 Å². The summed E-state index contributed by atoms with van der Waals surface area (Å²) in [4.78, 5) is 0. The van der Waals surface area contributed by atoms with Crippen LogP contribution < -0.4 is 0 Å². The van der Waals surface area contributed by atoms with E-state index in [-0.39, 0.29) is 5.60 Å². The van der Waals surface area contributed by atoms with E-state index in [4.69, 9.17) is 0 Å². The number of hydrogen-bond acceptors (Lipinski definition) is 1. The molecule has 0 radical (unpaired) electrons. The van der Waals surface area contributed by atoms with Gasteiger partial charge in [0.2, 0.25) is 0 Å². The molecule has 0 aromatic heterocycles. The lowest BCUT2D eigenvalue weighted by atomic mass is 9.72. The maximum atomic E-state index is 10.4. The van der Waals surface area contributed by atoms with Gasteiger partial charge in [0, 0.05) is 0 Å². The second kappa shape index (κ2) is 3.83. The molecule has 0 spiro atoms. The first kappa shape index (κ1) is 9.26. The summed E-state index contributed by atoms with van der Waals surface area (Å²) in [6, 6.07) is 0. The van der Waals surface area contributed by atoms with Crippen LogP contribution in [0.5, 0.6) is 0 Å². The average molecular weight is 180 g/mol. The Morgan fingerprint density at radius 2 is 1.85 bits per heavy atom. The summed E-state index contributed by atoms with van der Waals surface area (Å²) in [5, 5.41) is 10.4. The van der Waals surface area contributed by atoms with Gasteiger partial charge in [-0.15, -0.1) is 0 Å². The third-order valence-electron chi connectivity index (χ3n) is 3.75. The van der Waals surface area contributed by atoms with E-state index in [1.54, 1.807) is 0 Å². The maximum absolute atomic E-state index is 10.4. The first-order valence-corrected chi connectivity index (χ1v) is 5.69. The summed E-state index contributed by atoms with van der Waals surface area (Å²) in [7, 11) is 0. The molecule has 1 heteroatoms. The number of hydrogen-bond donors (Lipinski definition) is 1. The molecule has 1 N–H and O–H groups in total. The Kier molecular flexibility index (Phi) is 2.73. The Morgan fingerprint density at radius 3 is 2.46 bits per heavy atom. The van der Waals surface area contributed by atoms with E-state index < -0.39 is 0 Å². The van der Waals surface area contributed by atoms with Gasteiger partial charge in [-0.05, 0) is 38.0 Å². The van der Waals surface area contributed by atoms with Gasteiger partial charge in [-0.25, -0.2) is 0 Å². The topological polar surface area (TPSA) is 20.2 Å². The molecule has 0 aliphatic heterocycles. The third-order valence-corrected chi connectivity index (χ3v) is 3.75. The van der Waals surface area contributed by atoms with Crippen LogP contribution in [0.2, 0.25) is 0 Å². The van der Waals surface area contributed by atoms with Gasteiger partial charge >= 0.3 is 0 Å². The summed E-state index contributed by atoms with van der Waals surface area (Å²) in [5.74, 6) is 0.589. The zero-order chi connectivity index (χ0) is 9.15. The van der Waals surface area contributed by atoms with E-state index in [9.17, 15) is 5.11 Å². The highest BCUT2D eigenvalue weighted by atomic mass is 16.3.